The fraction of sp³-hybridized carbons (Fsp3) is 0.478. The molecule has 0 radical (unpaired) electrons. The first kappa shape index (κ1) is 21.7. The Labute approximate surface area is 170 Å². The lowest BCUT2D eigenvalue weighted by atomic mass is 9.81. The van der Waals surface area contributed by atoms with Crippen LogP contribution in [0, 0.1) is 5.92 Å². The number of nitrogens with zero attached hydrogens (tertiary/aromatic N) is 1. The van der Waals surface area contributed by atoms with Gasteiger partial charge in [0.25, 0.3) is 0 Å². The summed E-state index contributed by atoms with van der Waals surface area (Å²) in [7, 11) is 0. The second kappa shape index (κ2) is 9.18. The molecule has 3 unspecified atom stereocenters. The van der Waals surface area contributed by atoms with Gasteiger partial charge in [0.2, 0.25) is 0 Å². The molecule has 0 aromatic heterocycles. The van der Waals surface area contributed by atoms with Gasteiger partial charge in [0.15, 0.2) is 0 Å². The summed E-state index contributed by atoms with van der Waals surface area (Å²) in [6.07, 6.45) is -1.47. The van der Waals surface area contributed by atoms with E-state index in [0.29, 0.717) is 12.0 Å². The van der Waals surface area contributed by atoms with Crippen LogP contribution in [0.25, 0.3) is 0 Å². The molecule has 1 heterocycles. The van der Waals surface area contributed by atoms with Crippen LogP contribution in [-0.4, -0.2) is 17.9 Å². The molecule has 1 aliphatic heterocycles. The summed E-state index contributed by atoms with van der Waals surface area (Å²) in [5.41, 5.74) is 2.73. The first-order valence-corrected chi connectivity index (χ1v) is 10.2. The average molecular weight is 406 g/mol. The van der Waals surface area contributed by atoms with Gasteiger partial charge >= 0.3 is 6.36 Å². The fourth-order valence-corrected chi connectivity index (χ4v) is 4.24. The Hall–Kier alpha value is -2.05. The van der Waals surface area contributed by atoms with Crippen LogP contribution in [0.1, 0.15) is 61.8 Å². The van der Waals surface area contributed by atoms with Crippen molar-refractivity contribution in [3.05, 3.63) is 65.2 Å². The van der Waals surface area contributed by atoms with Crippen molar-refractivity contribution in [1.29, 1.82) is 0 Å². The van der Waals surface area contributed by atoms with E-state index in [0.717, 1.165) is 36.9 Å². The first-order valence-electron chi connectivity index (χ1n) is 10.2. The van der Waals surface area contributed by atoms with Crippen molar-refractivity contribution in [2.75, 3.05) is 6.54 Å². The van der Waals surface area contributed by atoms with Crippen molar-refractivity contribution in [3.63, 3.8) is 0 Å². The minimum Gasteiger partial charge on any atom is -0.406 e. The zero-order valence-electron chi connectivity index (χ0n) is 17.0. The molecular formula is C23H29F3N2O. The molecule has 0 spiro atoms. The van der Waals surface area contributed by atoms with E-state index in [1.54, 1.807) is 6.07 Å². The third-order valence-electron chi connectivity index (χ3n) is 5.91. The van der Waals surface area contributed by atoms with Crippen LogP contribution in [0.4, 0.5) is 13.2 Å². The van der Waals surface area contributed by atoms with Gasteiger partial charge in [-0.15, -0.1) is 13.2 Å². The van der Waals surface area contributed by atoms with E-state index in [9.17, 15) is 13.2 Å². The van der Waals surface area contributed by atoms with E-state index in [1.807, 2.05) is 41.4 Å². The predicted octanol–water partition coefficient (Wildman–Crippen LogP) is 5.97. The summed E-state index contributed by atoms with van der Waals surface area (Å²) in [4.78, 5) is 0. The molecule has 2 aromatic rings. The number of rotatable bonds is 6. The number of hydrazine groups is 1. The lowest BCUT2D eigenvalue weighted by molar-refractivity contribution is -0.274. The van der Waals surface area contributed by atoms with E-state index in [4.69, 9.17) is 5.84 Å². The second-order valence-corrected chi connectivity index (χ2v) is 7.92. The highest BCUT2D eigenvalue weighted by Crippen LogP contribution is 2.39. The Kier molecular flexibility index (Phi) is 6.85. The summed E-state index contributed by atoms with van der Waals surface area (Å²) in [6, 6.07) is 15.0. The number of hydrogen-bond donors (Lipinski definition) is 1. The van der Waals surface area contributed by atoms with Gasteiger partial charge in [-0.2, -0.15) is 0 Å². The Morgan fingerprint density at radius 2 is 1.90 bits per heavy atom. The number of halogens is 3. The van der Waals surface area contributed by atoms with Crippen molar-refractivity contribution in [2.45, 2.75) is 57.9 Å². The predicted molar refractivity (Wildman–Crippen MR) is 108 cm³/mol. The van der Waals surface area contributed by atoms with Crippen molar-refractivity contribution >= 4 is 0 Å². The summed E-state index contributed by atoms with van der Waals surface area (Å²) < 4.78 is 43.3. The van der Waals surface area contributed by atoms with Crippen molar-refractivity contribution in [1.82, 2.24) is 5.01 Å². The van der Waals surface area contributed by atoms with Crippen LogP contribution in [0.5, 0.6) is 5.75 Å². The molecule has 1 saturated heterocycles. The third kappa shape index (κ3) is 5.52. The van der Waals surface area contributed by atoms with Gasteiger partial charge in [0.1, 0.15) is 5.75 Å². The molecule has 3 atom stereocenters. The topological polar surface area (TPSA) is 38.5 Å². The Bertz CT molecular complexity index is 794. The lowest BCUT2D eigenvalue weighted by Crippen LogP contribution is -2.44. The maximum Gasteiger partial charge on any atom is 0.573 e. The lowest BCUT2D eigenvalue weighted by Gasteiger charge is -2.39. The van der Waals surface area contributed by atoms with Crippen LogP contribution < -0.4 is 10.6 Å². The van der Waals surface area contributed by atoms with E-state index in [-0.39, 0.29) is 23.6 Å². The van der Waals surface area contributed by atoms with Gasteiger partial charge in [-0.05, 0) is 60.3 Å². The number of ether oxygens (including phenoxy) is 1. The van der Waals surface area contributed by atoms with Gasteiger partial charge in [-0.25, -0.2) is 5.01 Å². The molecule has 3 nitrogen and oxygen atoms in total. The van der Waals surface area contributed by atoms with E-state index >= 15 is 0 Å². The molecule has 1 aliphatic rings. The van der Waals surface area contributed by atoms with Crippen molar-refractivity contribution in [2.24, 2.45) is 11.8 Å². The maximum atomic E-state index is 13.0. The average Bonchev–Trinajstić information content (AvgIpc) is 2.68. The first-order chi connectivity index (χ1) is 13.8. The number of nitrogens with two attached hydrogens (primary N) is 1. The van der Waals surface area contributed by atoms with Gasteiger partial charge in [0, 0.05) is 6.54 Å². The molecule has 0 amide bonds. The molecule has 1 fully saturated rings. The maximum absolute atomic E-state index is 13.0. The van der Waals surface area contributed by atoms with E-state index in [1.165, 1.54) is 6.07 Å². The van der Waals surface area contributed by atoms with Crippen LogP contribution in [0.15, 0.2) is 48.5 Å². The minimum atomic E-state index is -4.71. The van der Waals surface area contributed by atoms with E-state index < -0.39 is 6.36 Å². The van der Waals surface area contributed by atoms with E-state index in [2.05, 4.69) is 18.6 Å². The molecule has 0 bridgehead atoms. The molecule has 6 heteroatoms. The Morgan fingerprint density at radius 1 is 1.17 bits per heavy atom. The Balaban J connectivity index is 1.94. The molecule has 0 aliphatic carbocycles. The zero-order valence-corrected chi connectivity index (χ0v) is 17.0. The van der Waals surface area contributed by atoms with Crippen LogP contribution >= 0.6 is 0 Å². The standard InChI is InChI=1S/C23H29F3N2O/c1-3-16(2)18-11-12-21(29-23(24,25)26)20(14-18)15-19-10-7-13-28(27)22(19)17-8-5-4-6-9-17/h4-6,8-9,11-12,14,16,19,22H,3,7,10,13,15,27H2,1-2H3. The number of benzene rings is 2. The van der Waals surface area contributed by atoms with Crippen LogP contribution in [0.2, 0.25) is 0 Å². The molecule has 2 N–H and O–H groups in total. The SMILES string of the molecule is CCC(C)c1ccc(OC(F)(F)F)c(CC2CCCN(N)C2c2ccccc2)c1. The molecule has 0 saturated carbocycles. The summed E-state index contributed by atoms with van der Waals surface area (Å²) in [6.45, 7) is 4.93. The van der Waals surface area contributed by atoms with Crippen LogP contribution in [0.3, 0.4) is 0 Å². The molecule has 158 valence electrons. The zero-order chi connectivity index (χ0) is 21.0. The number of piperidine rings is 1. The molecule has 2 aromatic carbocycles. The third-order valence-corrected chi connectivity index (χ3v) is 5.91. The second-order valence-electron chi connectivity index (χ2n) is 7.92. The minimum absolute atomic E-state index is 0.0315. The van der Waals surface area contributed by atoms with Gasteiger partial charge < -0.3 is 4.74 Å². The Morgan fingerprint density at radius 3 is 2.55 bits per heavy atom. The van der Waals surface area contributed by atoms with Crippen molar-refractivity contribution in [3.8, 4) is 5.75 Å². The highest BCUT2D eigenvalue weighted by atomic mass is 19.4. The summed E-state index contributed by atoms with van der Waals surface area (Å²) in [5.74, 6) is 6.59. The van der Waals surface area contributed by atoms with Gasteiger partial charge in [-0.3, -0.25) is 5.84 Å². The quantitative estimate of drug-likeness (QED) is 0.601. The number of hydrogen-bond acceptors (Lipinski definition) is 3. The highest BCUT2D eigenvalue weighted by molar-refractivity contribution is 5.39. The largest absolute Gasteiger partial charge is 0.573 e. The normalized spacial score (nSPS) is 21.7. The summed E-state index contributed by atoms with van der Waals surface area (Å²) >= 11 is 0. The van der Waals surface area contributed by atoms with Gasteiger partial charge in [0.05, 0.1) is 6.04 Å². The smallest absolute Gasteiger partial charge is 0.406 e. The number of alkyl halides is 3. The molecule has 29 heavy (non-hydrogen) atoms. The van der Waals surface area contributed by atoms with Gasteiger partial charge in [-0.1, -0.05) is 56.3 Å². The van der Waals surface area contributed by atoms with Crippen molar-refractivity contribution < 1.29 is 17.9 Å². The van der Waals surface area contributed by atoms with Crippen LogP contribution in [-0.2, 0) is 6.42 Å². The fourth-order valence-electron chi connectivity index (χ4n) is 4.24. The monoisotopic (exact) mass is 406 g/mol. The molecule has 3 rings (SSSR count). The summed E-state index contributed by atoms with van der Waals surface area (Å²) in [5, 5.41) is 1.83. The highest BCUT2D eigenvalue weighted by Gasteiger charge is 2.35. The molecular weight excluding hydrogens is 377 g/mol.